The van der Waals surface area contributed by atoms with Crippen LogP contribution in [0.4, 0.5) is 0 Å². The molecule has 0 saturated carbocycles. The second-order valence-electron chi connectivity index (χ2n) is 7.72. The summed E-state index contributed by atoms with van der Waals surface area (Å²) in [7, 11) is 0. The van der Waals surface area contributed by atoms with Gasteiger partial charge in [0, 0.05) is 31.7 Å². The predicted molar refractivity (Wildman–Crippen MR) is 125 cm³/mol. The smallest absolute Gasteiger partial charge is 0.254 e. The number of amides is 1. The number of phenols is 1. The zero-order valence-electron chi connectivity index (χ0n) is 17.5. The number of aromatic nitrogens is 3. The van der Waals surface area contributed by atoms with Crippen molar-refractivity contribution >= 4 is 29.1 Å². The van der Waals surface area contributed by atoms with Crippen LogP contribution >= 0.6 is 0 Å². The molecule has 1 aliphatic heterocycles. The van der Waals surface area contributed by atoms with Crippen LogP contribution in [0, 0.1) is 0 Å². The Balaban J connectivity index is 1.63. The molecule has 1 saturated heterocycles. The van der Waals surface area contributed by atoms with Crippen molar-refractivity contribution in [2.75, 3.05) is 26.2 Å². The summed E-state index contributed by atoms with van der Waals surface area (Å²) < 4.78 is 0. The maximum absolute atomic E-state index is 13.5. The number of hydrogen-bond acceptors (Lipinski definition) is 5. The number of aromatic hydroxyl groups is 1. The fourth-order valence-corrected chi connectivity index (χ4v) is 3.90. The lowest BCUT2D eigenvalue weighted by atomic mass is 10.0. The van der Waals surface area contributed by atoms with Crippen molar-refractivity contribution in [2.24, 2.45) is 0 Å². The number of H-pyrrole nitrogens is 1. The highest BCUT2D eigenvalue weighted by molar-refractivity contribution is 6.09. The minimum atomic E-state index is -0.0327. The van der Waals surface area contributed by atoms with Crippen molar-refractivity contribution < 1.29 is 9.90 Å². The SMILES string of the molecule is O=C(c1cc(-c2ccc(O)cc2)nc2n[nH]c(/C=C/c3ccccc3)c12)N1CCNCC1. The van der Waals surface area contributed by atoms with Crippen LogP contribution in [0.2, 0.25) is 0 Å². The molecule has 2 aromatic heterocycles. The predicted octanol–water partition coefficient (Wildman–Crippen LogP) is 3.55. The molecule has 4 aromatic rings. The van der Waals surface area contributed by atoms with Gasteiger partial charge in [-0.25, -0.2) is 4.98 Å². The summed E-state index contributed by atoms with van der Waals surface area (Å²) >= 11 is 0. The first-order chi connectivity index (χ1) is 15.7. The Hall–Kier alpha value is -3.97. The maximum atomic E-state index is 13.5. The number of benzene rings is 2. The largest absolute Gasteiger partial charge is 0.508 e. The Labute approximate surface area is 185 Å². The lowest BCUT2D eigenvalue weighted by Crippen LogP contribution is -2.46. The van der Waals surface area contributed by atoms with E-state index in [1.54, 1.807) is 24.3 Å². The monoisotopic (exact) mass is 425 g/mol. The molecule has 5 rings (SSSR count). The lowest BCUT2D eigenvalue weighted by Gasteiger charge is -2.27. The van der Waals surface area contributed by atoms with E-state index in [-0.39, 0.29) is 11.7 Å². The molecule has 0 unspecified atom stereocenters. The highest BCUT2D eigenvalue weighted by Crippen LogP contribution is 2.29. The van der Waals surface area contributed by atoms with Crippen LogP contribution in [0.3, 0.4) is 0 Å². The van der Waals surface area contributed by atoms with Crippen molar-refractivity contribution in [3.8, 4) is 17.0 Å². The number of nitrogens with one attached hydrogen (secondary N) is 2. The Morgan fingerprint density at radius 2 is 1.75 bits per heavy atom. The molecular formula is C25H23N5O2. The van der Waals surface area contributed by atoms with Crippen LogP contribution in [0.1, 0.15) is 21.6 Å². The van der Waals surface area contributed by atoms with Gasteiger partial charge in [-0.1, -0.05) is 36.4 Å². The van der Waals surface area contributed by atoms with Crippen molar-refractivity contribution in [2.45, 2.75) is 0 Å². The van der Waals surface area contributed by atoms with Gasteiger partial charge in [-0.3, -0.25) is 9.89 Å². The molecule has 160 valence electrons. The van der Waals surface area contributed by atoms with Crippen LogP contribution in [0.25, 0.3) is 34.4 Å². The standard InChI is InChI=1S/C25H23N5O2/c31-19-9-7-18(8-10-19)22-16-20(25(32)30-14-12-26-13-15-30)23-21(28-29-24(23)27-22)11-6-17-4-2-1-3-5-17/h1-11,16,26,31H,12-15H2,(H,27,28,29)/b11-6+. The van der Waals surface area contributed by atoms with E-state index in [4.69, 9.17) is 4.98 Å². The summed E-state index contributed by atoms with van der Waals surface area (Å²) in [6.45, 7) is 2.86. The number of carbonyl (C=O) groups excluding carboxylic acids is 1. The number of carbonyl (C=O) groups is 1. The molecule has 0 aliphatic carbocycles. The van der Waals surface area contributed by atoms with E-state index in [0.29, 0.717) is 35.4 Å². The summed E-state index contributed by atoms with van der Waals surface area (Å²) in [5.74, 6) is 0.148. The number of aromatic amines is 1. The molecule has 7 nitrogen and oxygen atoms in total. The Morgan fingerprint density at radius 3 is 2.50 bits per heavy atom. The fourth-order valence-electron chi connectivity index (χ4n) is 3.90. The van der Waals surface area contributed by atoms with Gasteiger partial charge in [-0.05, 0) is 42.0 Å². The van der Waals surface area contributed by atoms with Gasteiger partial charge in [0.25, 0.3) is 5.91 Å². The van der Waals surface area contributed by atoms with Crippen LogP contribution in [-0.2, 0) is 0 Å². The quantitative estimate of drug-likeness (QED) is 0.465. The number of phenolic OH excluding ortho intramolecular Hbond substituents is 1. The van der Waals surface area contributed by atoms with Crippen LogP contribution in [0.5, 0.6) is 5.75 Å². The van der Waals surface area contributed by atoms with Gasteiger partial charge in [-0.15, -0.1) is 0 Å². The zero-order chi connectivity index (χ0) is 21.9. The Morgan fingerprint density at radius 1 is 1.00 bits per heavy atom. The van der Waals surface area contributed by atoms with Crippen LogP contribution in [-0.4, -0.2) is 57.3 Å². The lowest BCUT2D eigenvalue weighted by molar-refractivity contribution is 0.0737. The third kappa shape index (κ3) is 3.98. The average Bonchev–Trinajstić information content (AvgIpc) is 3.26. The molecule has 3 N–H and O–H groups in total. The van der Waals surface area contributed by atoms with Crippen LogP contribution in [0.15, 0.2) is 60.7 Å². The highest BCUT2D eigenvalue weighted by Gasteiger charge is 2.24. The first-order valence-electron chi connectivity index (χ1n) is 10.6. The molecule has 0 atom stereocenters. The molecule has 1 amide bonds. The van der Waals surface area contributed by atoms with E-state index in [1.165, 1.54) is 0 Å². The number of rotatable bonds is 4. The summed E-state index contributed by atoms with van der Waals surface area (Å²) in [6, 6.07) is 18.6. The molecule has 32 heavy (non-hydrogen) atoms. The van der Waals surface area contributed by atoms with Crippen LogP contribution < -0.4 is 5.32 Å². The zero-order valence-corrected chi connectivity index (χ0v) is 17.5. The van der Waals surface area contributed by atoms with E-state index in [1.807, 2.05) is 53.5 Å². The number of piperazine rings is 1. The van der Waals surface area contributed by atoms with E-state index >= 15 is 0 Å². The molecule has 3 heterocycles. The summed E-state index contributed by atoms with van der Waals surface area (Å²) in [5, 5.41) is 21.1. The first-order valence-corrected chi connectivity index (χ1v) is 10.6. The van der Waals surface area contributed by atoms with E-state index in [0.717, 1.165) is 29.9 Å². The van der Waals surface area contributed by atoms with Crippen molar-refractivity contribution in [1.82, 2.24) is 25.4 Å². The summed E-state index contributed by atoms with van der Waals surface area (Å²) in [6.07, 6.45) is 3.92. The van der Waals surface area contributed by atoms with Gasteiger partial charge in [0.2, 0.25) is 0 Å². The van der Waals surface area contributed by atoms with Crippen molar-refractivity contribution in [3.05, 3.63) is 77.5 Å². The third-order valence-electron chi connectivity index (χ3n) is 5.59. The first kappa shape index (κ1) is 20.0. The van der Waals surface area contributed by atoms with E-state index < -0.39 is 0 Å². The van der Waals surface area contributed by atoms with Crippen molar-refractivity contribution in [3.63, 3.8) is 0 Å². The van der Waals surface area contributed by atoms with Gasteiger partial charge in [-0.2, -0.15) is 5.10 Å². The molecule has 1 aliphatic rings. The number of pyridine rings is 1. The molecule has 0 radical (unpaired) electrons. The van der Waals surface area contributed by atoms with E-state index in [2.05, 4.69) is 15.5 Å². The van der Waals surface area contributed by atoms with Gasteiger partial charge in [0.1, 0.15) is 5.75 Å². The molecule has 2 aromatic carbocycles. The normalized spacial score (nSPS) is 14.3. The summed E-state index contributed by atoms with van der Waals surface area (Å²) in [5.41, 5.74) is 4.30. The number of nitrogens with zero attached hydrogens (tertiary/aromatic N) is 3. The second kappa shape index (κ2) is 8.64. The van der Waals surface area contributed by atoms with Crippen molar-refractivity contribution in [1.29, 1.82) is 0 Å². The third-order valence-corrected chi connectivity index (χ3v) is 5.59. The number of fused-ring (bicyclic) bond motifs is 1. The topological polar surface area (TPSA) is 94.1 Å². The minimum absolute atomic E-state index is 0.0327. The molecule has 7 heteroatoms. The highest BCUT2D eigenvalue weighted by atomic mass is 16.3. The Kier molecular flexibility index (Phi) is 5.39. The summed E-state index contributed by atoms with van der Waals surface area (Å²) in [4.78, 5) is 20.1. The maximum Gasteiger partial charge on any atom is 0.254 e. The number of hydrogen-bond donors (Lipinski definition) is 3. The molecular weight excluding hydrogens is 402 g/mol. The van der Waals surface area contributed by atoms with Gasteiger partial charge in [0.05, 0.1) is 22.3 Å². The minimum Gasteiger partial charge on any atom is -0.508 e. The fraction of sp³-hybridized carbons (Fsp3) is 0.160. The Bertz CT molecular complexity index is 1270. The molecule has 0 bridgehead atoms. The second-order valence-corrected chi connectivity index (χ2v) is 7.72. The molecule has 0 spiro atoms. The van der Waals surface area contributed by atoms with Gasteiger partial charge < -0.3 is 15.3 Å². The van der Waals surface area contributed by atoms with Gasteiger partial charge >= 0.3 is 0 Å². The molecule has 1 fully saturated rings. The average molecular weight is 425 g/mol. The van der Waals surface area contributed by atoms with Gasteiger partial charge in [0.15, 0.2) is 5.65 Å². The van der Waals surface area contributed by atoms with E-state index in [9.17, 15) is 9.90 Å².